The van der Waals surface area contributed by atoms with Gasteiger partial charge in [0.15, 0.2) is 5.78 Å². The molecule has 5 heteroatoms. The van der Waals surface area contributed by atoms with Gasteiger partial charge in [-0.2, -0.15) is 0 Å². The topological polar surface area (TPSA) is 55.4 Å². The van der Waals surface area contributed by atoms with Gasteiger partial charge in [-0.15, -0.1) is 0 Å². The predicted octanol–water partition coefficient (Wildman–Crippen LogP) is 2.33. The van der Waals surface area contributed by atoms with E-state index in [1.165, 1.54) is 24.3 Å². The first kappa shape index (κ1) is 15.6. The van der Waals surface area contributed by atoms with Crippen molar-refractivity contribution in [2.75, 3.05) is 19.8 Å². The van der Waals surface area contributed by atoms with Crippen LogP contribution in [0.2, 0.25) is 0 Å². The standard InChI is InChI=1S/C16H20FNO3/c17-14-3-1-13(2-4-14)15(19)5-6-16(20)18-9-7-12-8-10-21-11-12/h1-4,12H,5-11H2,(H,18,20). The predicted molar refractivity (Wildman–Crippen MR) is 76.5 cm³/mol. The molecule has 1 atom stereocenters. The van der Waals surface area contributed by atoms with E-state index in [1.54, 1.807) is 0 Å². The van der Waals surface area contributed by atoms with Crippen LogP contribution in [0.25, 0.3) is 0 Å². The molecule has 1 fully saturated rings. The maximum Gasteiger partial charge on any atom is 0.220 e. The van der Waals surface area contributed by atoms with Crippen molar-refractivity contribution < 1.29 is 18.7 Å². The molecule has 0 spiro atoms. The maximum atomic E-state index is 12.7. The van der Waals surface area contributed by atoms with E-state index >= 15 is 0 Å². The summed E-state index contributed by atoms with van der Waals surface area (Å²) < 4.78 is 18.0. The molecule has 1 unspecified atom stereocenters. The number of nitrogens with one attached hydrogen (secondary N) is 1. The van der Waals surface area contributed by atoms with Crippen molar-refractivity contribution in [3.63, 3.8) is 0 Å². The summed E-state index contributed by atoms with van der Waals surface area (Å²) in [5.74, 6) is -0.106. The zero-order valence-electron chi connectivity index (χ0n) is 11.9. The first-order valence-corrected chi connectivity index (χ1v) is 7.28. The van der Waals surface area contributed by atoms with Gasteiger partial charge >= 0.3 is 0 Å². The smallest absolute Gasteiger partial charge is 0.220 e. The van der Waals surface area contributed by atoms with Gasteiger partial charge in [0.2, 0.25) is 5.91 Å². The number of halogens is 1. The van der Waals surface area contributed by atoms with Crippen LogP contribution in [-0.2, 0) is 9.53 Å². The second-order valence-electron chi connectivity index (χ2n) is 5.30. The quantitative estimate of drug-likeness (QED) is 0.785. The molecule has 1 aliphatic rings. The molecule has 1 aromatic carbocycles. The minimum absolute atomic E-state index is 0.121. The van der Waals surface area contributed by atoms with E-state index in [0.717, 1.165) is 26.1 Å². The monoisotopic (exact) mass is 293 g/mol. The summed E-state index contributed by atoms with van der Waals surface area (Å²) in [6.07, 6.45) is 2.28. The van der Waals surface area contributed by atoms with Crippen molar-refractivity contribution >= 4 is 11.7 Å². The SMILES string of the molecule is O=C(CCC(=O)c1ccc(F)cc1)NCCC1CCOC1. The number of ether oxygens (including phenoxy) is 1. The van der Waals surface area contributed by atoms with Gasteiger partial charge < -0.3 is 10.1 Å². The highest BCUT2D eigenvalue weighted by Crippen LogP contribution is 2.15. The van der Waals surface area contributed by atoms with Crippen molar-refractivity contribution in [2.24, 2.45) is 5.92 Å². The van der Waals surface area contributed by atoms with Crippen LogP contribution < -0.4 is 5.32 Å². The number of hydrogen-bond acceptors (Lipinski definition) is 3. The largest absolute Gasteiger partial charge is 0.381 e. The van der Waals surface area contributed by atoms with E-state index in [1.807, 2.05) is 0 Å². The number of carbonyl (C=O) groups excluding carboxylic acids is 2. The summed E-state index contributed by atoms with van der Waals surface area (Å²) in [6, 6.07) is 5.37. The molecule has 1 aliphatic heterocycles. The molecule has 21 heavy (non-hydrogen) atoms. The first-order chi connectivity index (χ1) is 10.1. The van der Waals surface area contributed by atoms with Gasteiger partial charge in [0.1, 0.15) is 5.82 Å². The van der Waals surface area contributed by atoms with E-state index in [9.17, 15) is 14.0 Å². The summed E-state index contributed by atoms with van der Waals surface area (Å²) in [7, 11) is 0. The number of carbonyl (C=O) groups is 2. The minimum atomic E-state index is -0.375. The van der Waals surface area contributed by atoms with Crippen LogP contribution in [0.3, 0.4) is 0 Å². The highest BCUT2D eigenvalue weighted by Gasteiger charge is 2.15. The van der Waals surface area contributed by atoms with Crippen LogP contribution in [-0.4, -0.2) is 31.4 Å². The minimum Gasteiger partial charge on any atom is -0.381 e. The fourth-order valence-electron chi connectivity index (χ4n) is 2.32. The van der Waals surface area contributed by atoms with Gasteiger partial charge in [0.05, 0.1) is 0 Å². The average molecular weight is 293 g/mol. The lowest BCUT2D eigenvalue weighted by Crippen LogP contribution is -2.26. The van der Waals surface area contributed by atoms with Crippen LogP contribution in [0.15, 0.2) is 24.3 Å². The normalized spacial score (nSPS) is 17.7. The molecule has 0 radical (unpaired) electrons. The summed E-state index contributed by atoms with van der Waals surface area (Å²) >= 11 is 0. The van der Waals surface area contributed by atoms with E-state index < -0.39 is 0 Å². The van der Waals surface area contributed by atoms with Crippen molar-refractivity contribution in [1.82, 2.24) is 5.32 Å². The van der Waals surface area contributed by atoms with Crippen LogP contribution >= 0.6 is 0 Å². The molecular weight excluding hydrogens is 273 g/mol. The third-order valence-electron chi connectivity index (χ3n) is 3.64. The molecule has 1 amide bonds. The lowest BCUT2D eigenvalue weighted by Gasteiger charge is -2.08. The molecule has 0 aliphatic carbocycles. The molecule has 1 aromatic rings. The Morgan fingerprint density at radius 1 is 1.24 bits per heavy atom. The van der Waals surface area contributed by atoms with E-state index in [0.29, 0.717) is 18.0 Å². The van der Waals surface area contributed by atoms with Gasteiger partial charge in [0, 0.05) is 38.2 Å². The van der Waals surface area contributed by atoms with Crippen LogP contribution in [0, 0.1) is 11.7 Å². The molecule has 114 valence electrons. The van der Waals surface area contributed by atoms with E-state index in [-0.39, 0.29) is 30.3 Å². The van der Waals surface area contributed by atoms with E-state index in [4.69, 9.17) is 4.74 Å². The second-order valence-corrected chi connectivity index (χ2v) is 5.30. The molecule has 0 bridgehead atoms. The third-order valence-corrected chi connectivity index (χ3v) is 3.64. The lowest BCUT2D eigenvalue weighted by atomic mass is 10.0. The number of hydrogen-bond donors (Lipinski definition) is 1. The Bertz CT molecular complexity index is 481. The number of amides is 1. The number of benzene rings is 1. The fraction of sp³-hybridized carbons (Fsp3) is 0.500. The van der Waals surface area contributed by atoms with Crippen LogP contribution in [0.5, 0.6) is 0 Å². The average Bonchev–Trinajstić information content (AvgIpc) is 2.99. The highest BCUT2D eigenvalue weighted by atomic mass is 19.1. The Hall–Kier alpha value is -1.75. The first-order valence-electron chi connectivity index (χ1n) is 7.28. The summed E-state index contributed by atoms with van der Waals surface area (Å²) in [4.78, 5) is 23.5. The van der Waals surface area contributed by atoms with Crippen molar-refractivity contribution in [3.05, 3.63) is 35.6 Å². The molecule has 1 heterocycles. The van der Waals surface area contributed by atoms with E-state index in [2.05, 4.69) is 5.32 Å². The van der Waals surface area contributed by atoms with Crippen molar-refractivity contribution in [2.45, 2.75) is 25.7 Å². The molecule has 1 saturated heterocycles. The van der Waals surface area contributed by atoms with Crippen molar-refractivity contribution in [3.8, 4) is 0 Å². The Morgan fingerprint density at radius 2 is 2.00 bits per heavy atom. The summed E-state index contributed by atoms with van der Waals surface area (Å²) in [5.41, 5.74) is 0.437. The molecule has 4 nitrogen and oxygen atoms in total. The lowest BCUT2D eigenvalue weighted by molar-refractivity contribution is -0.121. The zero-order chi connectivity index (χ0) is 15.1. The Labute approximate surface area is 123 Å². The van der Waals surface area contributed by atoms with Crippen LogP contribution in [0.1, 0.15) is 36.0 Å². The number of rotatable bonds is 7. The number of ketones is 1. The third kappa shape index (κ3) is 5.27. The highest BCUT2D eigenvalue weighted by molar-refractivity contribution is 5.97. The Balaban J connectivity index is 1.63. The molecule has 0 saturated carbocycles. The zero-order valence-corrected chi connectivity index (χ0v) is 11.9. The summed E-state index contributed by atoms with van der Waals surface area (Å²) in [6.45, 7) is 2.21. The van der Waals surface area contributed by atoms with Gasteiger partial charge in [-0.05, 0) is 43.0 Å². The maximum absolute atomic E-state index is 12.7. The van der Waals surface area contributed by atoms with Crippen molar-refractivity contribution in [1.29, 1.82) is 0 Å². The van der Waals surface area contributed by atoms with Gasteiger partial charge in [0.25, 0.3) is 0 Å². The van der Waals surface area contributed by atoms with Gasteiger partial charge in [-0.3, -0.25) is 9.59 Å². The second kappa shape index (κ2) is 7.88. The Kier molecular flexibility index (Phi) is 5.87. The number of Topliss-reactive ketones (excluding diaryl/α,β-unsaturated/α-hetero) is 1. The summed E-state index contributed by atoms with van der Waals surface area (Å²) in [5, 5.41) is 2.82. The molecule has 0 aromatic heterocycles. The Morgan fingerprint density at radius 3 is 2.67 bits per heavy atom. The van der Waals surface area contributed by atoms with Gasteiger partial charge in [-0.25, -0.2) is 4.39 Å². The molecular formula is C16H20FNO3. The van der Waals surface area contributed by atoms with Crippen LogP contribution in [0.4, 0.5) is 4.39 Å². The molecule has 1 N–H and O–H groups in total. The molecule has 2 rings (SSSR count). The fourth-order valence-corrected chi connectivity index (χ4v) is 2.32. The van der Waals surface area contributed by atoms with Gasteiger partial charge in [-0.1, -0.05) is 0 Å².